The maximum absolute atomic E-state index is 2.46. The zero-order valence-electron chi connectivity index (χ0n) is 37.3. The Balaban J connectivity index is 1.06. The van der Waals surface area contributed by atoms with Crippen LogP contribution < -0.4 is 0 Å². The Kier molecular flexibility index (Phi) is 9.56. The molecule has 0 spiro atoms. The van der Waals surface area contributed by atoms with E-state index in [0.717, 1.165) is 0 Å². The van der Waals surface area contributed by atoms with Gasteiger partial charge in [0, 0.05) is 16.5 Å². The zero-order chi connectivity index (χ0) is 42.9. The number of rotatable bonds is 6. The second-order valence-electron chi connectivity index (χ2n) is 19.6. The van der Waals surface area contributed by atoms with E-state index in [9.17, 15) is 0 Å². The predicted octanol–water partition coefficient (Wildman–Crippen LogP) is 17.5. The summed E-state index contributed by atoms with van der Waals surface area (Å²) in [7, 11) is 0. The van der Waals surface area contributed by atoms with Crippen molar-refractivity contribution >= 4 is 43.4 Å². The van der Waals surface area contributed by atoms with Crippen LogP contribution >= 0.6 is 0 Å². The maximum Gasteiger partial charge on any atom is 0.0541 e. The average molecular weight is 802 g/mol. The Bertz CT molecular complexity index is 3280. The lowest BCUT2D eigenvalue weighted by atomic mass is 9.80. The summed E-state index contributed by atoms with van der Waals surface area (Å²) in [5.41, 5.74) is 17.7. The minimum atomic E-state index is 0.0213. The van der Waals surface area contributed by atoms with Crippen molar-refractivity contribution in [2.24, 2.45) is 0 Å². The molecule has 0 fully saturated rings. The van der Waals surface area contributed by atoms with Crippen LogP contribution in [0.1, 0.15) is 78.0 Å². The molecular weight excluding hydrogens is 747 g/mol. The van der Waals surface area contributed by atoms with E-state index in [1.54, 1.807) is 0 Å². The van der Waals surface area contributed by atoms with Crippen LogP contribution in [0.25, 0.3) is 93.5 Å². The van der Waals surface area contributed by atoms with Crippen LogP contribution in [0.5, 0.6) is 0 Å². The number of para-hydroxylation sites is 1. The second kappa shape index (κ2) is 15.0. The lowest BCUT2D eigenvalue weighted by Crippen LogP contribution is -2.10. The van der Waals surface area contributed by atoms with E-state index in [2.05, 4.69) is 242 Å². The summed E-state index contributed by atoms with van der Waals surface area (Å²) in [5.74, 6) is 0.433. The molecule has 1 nitrogen and oxygen atoms in total. The topological polar surface area (TPSA) is 4.93 Å². The number of hydrogen-bond donors (Lipinski definition) is 0. The lowest BCUT2D eigenvalue weighted by molar-refractivity contribution is 0.591. The zero-order valence-corrected chi connectivity index (χ0v) is 37.3. The van der Waals surface area contributed by atoms with E-state index in [0.29, 0.717) is 5.92 Å². The molecule has 0 bridgehead atoms. The van der Waals surface area contributed by atoms with Crippen LogP contribution in [0.4, 0.5) is 0 Å². The third-order valence-electron chi connectivity index (χ3n) is 13.1. The molecule has 304 valence electrons. The van der Waals surface area contributed by atoms with Gasteiger partial charge in [-0.05, 0) is 142 Å². The molecule has 0 radical (unpaired) electrons. The molecule has 0 N–H and O–H groups in total. The first-order valence-corrected chi connectivity index (χ1v) is 22.3. The van der Waals surface area contributed by atoms with Gasteiger partial charge in [-0.3, -0.25) is 0 Å². The Labute approximate surface area is 367 Å². The maximum atomic E-state index is 2.46. The van der Waals surface area contributed by atoms with E-state index >= 15 is 0 Å². The molecule has 0 aliphatic carbocycles. The highest BCUT2D eigenvalue weighted by Gasteiger charge is 2.22. The smallest absolute Gasteiger partial charge is 0.0541 e. The normalized spacial score (nSPS) is 12.3. The summed E-state index contributed by atoms with van der Waals surface area (Å²) >= 11 is 0. The van der Waals surface area contributed by atoms with Crippen molar-refractivity contribution in [1.29, 1.82) is 0 Å². The third kappa shape index (κ3) is 6.91. The fourth-order valence-electron chi connectivity index (χ4n) is 9.51. The Morgan fingerprint density at radius 3 is 1.32 bits per heavy atom. The predicted molar refractivity (Wildman–Crippen MR) is 269 cm³/mol. The monoisotopic (exact) mass is 801 g/mol. The van der Waals surface area contributed by atoms with E-state index in [1.165, 1.54) is 110 Å². The molecule has 0 aliphatic heterocycles. The van der Waals surface area contributed by atoms with E-state index in [1.807, 2.05) is 0 Å². The number of hydrogen-bond acceptors (Lipinski definition) is 0. The van der Waals surface area contributed by atoms with Crippen LogP contribution in [-0.2, 0) is 10.8 Å². The van der Waals surface area contributed by atoms with Gasteiger partial charge in [-0.25, -0.2) is 0 Å². The van der Waals surface area contributed by atoms with Crippen molar-refractivity contribution in [3.8, 4) is 50.2 Å². The lowest BCUT2D eigenvalue weighted by Gasteiger charge is -2.23. The highest BCUT2D eigenvalue weighted by Crippen LogP contribution is 2.46. The Morgan fingerprint density at radius 1 is 0.339 bits per heavy atom. The van der Waals surface area contributed by atoms with Gasteiger partial charge in [-0.2, -0.15) is 0 Å². The molecule has 0 unspecified atom stereocenters. The Hall–Kier alpha value is -6.70. The first-order valence-electron chi connectivity index (χ1n) is 22.3. The van der Waals surface area contributed by atoms with Gasteiger partial charge in [0.1, 0.15) is 0 Å². The minimum absolute atomic E-state index is 0.0213. The van der Waals surface area contributed by atoms with Crippen molar-refractivity contribution in [3.05, 3.63) is 199 Å². The highest BCUT2D eigenvalue weighted by molar-refractivity contribution is 6.21. The van der Waals surface area contributed by atoms with Crippen molar-refractivity contribution < 1.29 is 0 Å². The van der Waals surface area contributed by atoms with E-state index < -0.39 is 0 Å². The molecule has 0 atom stereocenters. The minimum Gasteiger partial charge on any atom is -0.309 e. The SMILES string of the molecule is CC(C)c1ccc2c(-c3ccc(-c4ccc(-c5ccc6c(c5)c5cc(C(C)(C)C)ccc5n6-c5ccccc5)cc4)cc3)c3cc(C(C)(C)C)ccc3c(-c3ccccc3)c2c1. The van der Waals surface area contributed by atoms with Gasteiger partial charge in [0.05, 0.1) is 11.0 Å². The van der Waals surface area contributed by atoms with Crippen LogP contribution in [0, 0.1) is 0 Å². The molecule has 0 saturated heterocycles. The van der Waals surface area contributed by atoms with E-state index in [4.69, 9.17) is 0 Å². The molecule has 10 aromatic rings. The quantitative estimate of drug-likeness (QED) is 0.148. The Morgan fingerprint density at radius 2 is 0.758 bits per heavy atom. The summed E-state index contributed by atoms with van der Waals surface area (Å²) in [5, 5.41) is 7.77. The second-order valence-corrected chi connectivity index (χ2v) is 19.6. The molecule has 0 aliphatic rings. The van der Waals surface area contributed by atoms with Crippen molar-refractivity contribution in [2.75, 3.05) is 0 Å². The van der Waals surface area contributed by atoms with Gasteiger partial charge in [-0.1, -0.05) is 195 Å². The van der Waals surface area contributed by atoms with Gasteiger partial charge >= 0.3 is 0 Å². The third-order valence-corrected chi connectivity index (χ3v) is 13.1. The number of fused-ring (bicyclic) bond motifs is 5. The van der Waals surface area contributed by atoms with Crippen molar-refractivity contribution in [3.63, 3.8) is 0 Å². The van der Waals surface area contributed by atoms with Gasteiger partial charge in [-0.15, -0.1) is 0 Å². The molecule has 62 heavy (non-hydrogen) atoms. The van der Waals surface area contributed by atoms with Gasteiger partial charge in [0.15, 0.2) is 0 Å². The van der Waals surface area contributed by atoms with Gasteiger partial charge < -0.3 is 4.57 Å². The molecule has 1 aromatic heterocycles. The first kappa shape index (κ1) is 39.4. The fraction of sp³-hybridized carbons (Fsp3) is 0.180. The van der Waals surface area contributed by atoms with Crippen molar-refractivity contribution in [2.45, 2.75) is 72.1 Å². The molecular formula is C61H55N. The summed E-state index contributed by atoms with van der Waals surface area (Å²) in [6.45, 7) is 18.4. The van der Waals surface area contributed by atoms with Gasteiger partial charge in [0.2, 0.25) is 0 Å². The first-order chi connectivity index (χ1) is 29.8. The number of aromatic nitrogens is 1. The van der Waals surface area contributed by atoms with Crippen LogP contribution in [0.3, 0.4) is 0 Å². The summed E-state index contributed by atoms with van der Waals surface area (Å²) in [6, 6.07) is 68.4. The summed E-state index contributed by atoms with van der Waals surface area (Å²) in [4.78, 5) is 0. The standard InChI is InChI=1S/C61H55N/c1-39(2)45-27-31-50-54(35-45)58(43-15-11-9-12-16-43)51-32-29-47(60(3,4)5)38-55(51)59(50)44-25-23-41(24-26-44)40-19-21-42(22-20-40)46-28-33-56-52(36-46)53-37-48(61(6,7)8)30-34-57(53)62(56)49-17-13-10-14-18-49/h9-39H,1-8H3. The van der Waals surface area contributed by atoms with Crippen LogP contribution in [0.15, 0.2) is 182 Å². The summed E-state index contributed by atoms with van der Waals surface area (Å²) in [6.07, 6.45) is 0. The fourth-order valence-corrected chi connectivity index (χ4v) is 9.51. The molecule has 0 amide bonds. The molecule has 10 rings (SSSR count). The molecule has 0 saturated carbocycles. The van der Waals surface area contributed by atoms with Crippen LogP contribution in [-0.4, -0.2) is 4.57 Å². The molecule has 1 heteroatoms. The number of benzene rings is 9. The largest absolute Gasteiger partial charge is 0.309 e. The van der Waals surface area contributed by atoms with Gasteiger partial charge in [0.25, 0.3) is 0 Å². The molecule has 9 aromatic carbocycles. The summed E-state index contributed by atoms with van der Waals surface area (Å²) < 4.78 is 2.41. The van der Waals surface area contributed by atoms with Crippen LogP contribution in [0.2, 0.25) is 0 Å². The molecule has 1 heterocycles. The highest BCUT2D eigenvalue weighted by atomic mass is 15.0. The number of nitrogens with zero attached hydrogens (tertiary/aromatic N) is 1. The van der Waals surface area contributed by atoms with Crippen molar-refractivity contribution in [1.82, 2.24) is 4.57 Å². The van der Waals surface area contributed by atoms with E-state index in [-0.39, 0.29) is 10.8 Å². The average Bonchev–Trinajstić information content (AvgIpc) is 3.61.